The van der Waals surface area contributed by atoms with E-state index < -0.39 is 5.41 Å². The molecule has 0 unspecified atom stereocenters. The van der Waals surface area contributed by atoms with E-state index in [-0.39, 0.29) is 11.6 Å². The maximum Gasteiger partial charge on any atom is 0.176 e. The lowest BCUT2D eigenvalue weighted by Crippen LogP contribution is -2.24. The molecule has 17 heavy (non-hydrogen) atoms. The van der Waals surface area contributed by atoms with Crippen LogP contribution < -0.4 is 4.74 Å². The van der Waals surface area contributed by atoms with Crippen molar-refractivity contribution in [2.24, 2.45) is 11.3 Å². The zero-order chi connectivity index (χ0) is 12.0. The van der Waals surface area contributed by atoms with Crippen LogP contribution in [0.15, 0.2) is 24.3 Å². The van der Waals surface area contributed by atoms with Gasteiger partial charge in [0.25, 0.3) is 0 Å². The van der Waals surface area contributed by atoms with Gasteiger partial charge in [-0.2, -0.15) is 0 Å². The van der Waals surface area contributed by atoms with Crippen LogP contribution in [0.4, 0.5) is 0 Å². The number of rotatable bonds is 3. The van der Waals surface area contributed by atoms with E-state index in [1.807, 2.05) is 0 Å². The summed E-state index contributed by atoms with van der Waals surface area (Å²) in [5.41, 5.74) is -0.0612. The monoisotopic (exact) mass is 230 g/mol. The van der Waals surface area contributed by atoms with E-state index in [1.165, 1.54) is 0 Å². The summed E-state index contributed by atoms with van der Waals surface area (Å²) in [4.78, 5) is 24.3. The van der Waals surface area contributed by atoms with Crippen molar-refractivity contribution in [2.75, 3.05) is 7.11 Å². The van der Waals surface area contributed by atoms with Crippen LogP contribution in [0.25, 0.3) is 0 Å². The Balaban J connectivity index is 1.95. The molecule has 0 heterocycles. The first kappa shape index (κ1) is 10.5. The molecule has 0 aliphatic heterocycles. The van der Waals surface area contributed by atoms with E-state index >= 15 is 0 Å². The van der Waals surface area contributed by atoms with Crippen molar-refractivity contribution in [1.82, 2.24) is 0 Å². The maximum atomic E-state index is 12.4. The van der Waals surface area contributed by atoms with Crippen LogP contribution in [-0.4, -0.2) is 18.7 Å². The number of hydrogen-bond donors (Lipinski definition) is 0. The number of hydrogen-bond acceptors (Lipinski definition) is 3. The van der Waals surface area contributed by atoms with Gasteiger partial charge in [0.2, 0.25) is 0 Å². The number of fused-ring (bicyclic) bond motifs is 1. The third-order valence-corrected chi connectivity index (χ3v) is 4.06. The molecule has 0 radical (unpaired) electrons. The van der Waals surface area contributed by atoms with Gasteiger partial charge in [-0.05, 0) is 30.9 Å². The lowest BCUT2D eigenvalue weighted by Gasteiger charge is -2.10. The van der Waals surface area contributed by atoms with Crippen LogP contribution in [0, 0.1) is 11.3 Å². The first-order valence-electron chi connectivity index (χ1n) is 5.90. The lowest BCUT2D eigenvalue weighted by atomic mass is 9.91. The Morgan fingerprint density at radius 3 is 2.88 bits per heavy atom. The molecule has 2 atom stereocenters. The smallest absolute Gasteiger partial charge is 0.176 e. The minimum absolute atomic E-state index is 0.0103. The van der Waals surface area contributed by atoms with Crippen LogP contribution in [0.1, 0.15) is 29.6 Å². The third kappa shape index (κ3) is 1.35. The molecule has 1 aromatic carbocycles. The van der Waals surface area contributed by atoms with Crippen LogP contribution in [-0.2, 0) is 4.79 Å². The molecule has 2 saturated carbocycles. The Labute approximate surface area is 99.8 Å². The molecule has 0 saturated heterocycles. The van der Waals surface area contributed by atoms with Gasteiger partial charge in [-0.1, -0.05) is 12.1 Å². The molecule has 0 amide bonds. The summed E-state index contributed by atoms with van der Waals surface area (Å²) >= 11 is 0. The summed E-state index contributed by atoms with van der Waals surface area (Å²) in [5.74, 6) is 1.09. The fraction of sp³-hybridized carbons (Fsp3) is 0.429. The maximum absolute atomic E-state index is 12.4. The van der Waals surface area contributed by atoms with Crippen molar-refractivity contribution in [3.8, 4) is 5.75 Å². The summed E-state index contributed by atoms with van der Waals surface area (Å²) in [6.45, 7) is 0. The van der Waals surface area contributed by atoms with E-state index in [0.717, 1.165) is 12.8 Å². The summed E-state index contributed by atoms with van der Waals surface area (Å²) in [6, 6.07) is 7.08. The standard InChI is InChI=1S/C14H14O3/c1-17-11-4-2-3-9(7-11)13(16)14-8-10(14)5-6-12(14)15/h2-4,7,10H,5-6,8H2,1H3/t10-,14-/m0/s1. The summed E-state index contributed by atoms with van der Waals surface area (Å²) < 4.78 is 5.10. The molecule has 88 valence electrons. The van der Waals surface area contributed by atoms with Crippen molar-refractivity contribution in [2.45, 2.75) is 19.3 Å². The largest absolute Gasteiger partial charge is 0.497 e. The molecule has 0 N–H and O–H groups in total. The van der Waals surface area contributed by atoms with Crippen molar-refractivity contribution in [1.29, 1.82) is 0 Å². The third-order valence-electron chi connectivity index (χ3n) is 4.06. The van der Waals surface area contributed by atoms with Gasteiger partial charge < -0.3 is 4.74 Å². The molecule has 1 aromatic rings. The summed E-state index contributed by atoms with van der Waals surface area (Å²) in [5, 5.41) is 0. The first-order valence-corrected chi connectivity index (χ1v) is 5.90. The predicted molar refractivity (Wildman–Crippen MR) is 62.1 cm³/mol. The zero-order valence-corrected chi connectivity index (χ0v) is 9.73. The van der Waals surface area contributed by atoms with Crippen LogP contribution >= 0.6 is 0 Å². The topological polar surface area (TPSA) is 43.4 Å². The van der Waals surface area contributed by atoms with Crippen LogP contribution in [0.2, 0.25) is 0 Å². The average molecular weight is 230 g/mol. The van der Waals surface area contributed by atoms with Gasteiger partial charge in [-0.25, -0.2) is 0 Å². The predicted octanol–water partition coefficient (Wildman–Crippen LogP) is 2.25. The van der Waals surface area contributed by atoms with Gasteiger partial charge in [-0.3, -0.25) is 9.59 Å². The van der Waals surface area contributed by atoms with E-state index in [1.54, 1.807) is 31.4 Å². The van der Waals surface area contributed by atoms with E-state index in [0.29, 0.717) is 23.7 Å². The fourth-order valence-electron chi connectivity index (χ4n) is 2.97. The molecular formula is C14H14O3. The summed E-state index contributed by atoms with van der Waals surface area (Å²) in [7, 11) is 1.57. The molecule has 3 nitrogen and oxygen atoms in total. The molecule has 3 heteroatoms. The molecule has 2 aliphatic carbocycles. The second kappa shape index (κ2) is 3.42. The van der Waals surface area contributed by atoms with Crippen molar-refractivity contribution >= 4 is 11.6 Å². The van der Waals surface area contributed by atoms with E-state index in [2.05, 4.69) is 0 Å². The van der Waals surface area contributed by atoms with Crippen LogP contribution in [0.3, 0.4) is 0 Å². The highest BCUT2D eigenvalue weighted by Gasteiger charge is 2.67. The normalized spacial score (nSPS) is 29.9. The van der Waals surface area contributed by atoms with Gasteiger partial charge >= 0.3 is 0 Å². The molecule has 0 spiro atoms. The Morgan fingerprint density at radius 2 is 2.29 bits per heavy atom. The van der Waals surface area contributed by atoms with Gasteiger partial charge in [0.1, 0.15) is 11.5 Å². The molecule has 2 fully saturated rings. The first-order chi connectivity index (χ1) is 8.18. The van der Waals surface area contributed by atoms with Crippen LogP contribution in [0.5, 0.6) is 5.75 Å². The summed E-state index contributed by atoms with van der Waals surface area (Å²) in [6.07, 6.45) is 2.21. The van der Waals surface area contributed by atoms with Gasteiger partial charge in [0.05, 0.1) is 12.5 Å². The number of ether oxygens (including phenoxy) is 1. The van der Waals surface area contributed by atoms with Gasteiger partial charge in [0.15, 0.2) is 5.78 Å². The number of benzene rings is 1. The SMILES string of the molecule is COc1cccc(C(=O)[C@@]23C[C@@H]2CCC3=O)c1. The Kier molecular flexibility index (Phi) is 2.12. The highest BCUT2D eigenvalue weighted by molar-refractivity contribution is 6.18. The number of methoxy groups -OCH3 is 1. The number of Topliss-reactive ketones (excluding diaryl/α,β-unsaturated/α-hetero) is 2. The molecule has 0 aromatic heterocycles. The fourth-order valence-corrected chi connectivity index (χ4v) is 2.97. The van der Waals surface area contributed by atoms with Crippen molar-refractivity contribution < 1.29 is 14.3 Å². The lowest BCUT2D eigenvalue weighted by molar-refractivity contribution is -0.121. The zero-order valence-electron chi connectivity index (χ0n) is 9.73. The Bertz CT molecular complexity index is 506. The highest BCUT2D eigenvalue weighted by Crippen LogP contribution is 2.62. The van der Waals surface area contributed by atoms with Crippen molar-refractivity contribution in [3.05, 3.63) is 29.8 Å². The average Bonchev–Trinajstić information content (AvgIpc) is 3.03. The number of ketones is 2. The molecular weight excluding hydrogens is 216 g/mol. The van der Waals surface area contributed by atoms with Crippen molar-refractivity contribution in [3.63, 3.8) is 0 Å². The minimum Gasteiger partial charge on any atom is -0.497 e. The second-order valence-electron chi connectivity index (χ2n) is 4.90. The van der Waals surface area contributed by atoms with Gasteiger partial charge in [-0.15, -0.1) is 0 Å². The van der Waals surface area contributed by atoms with Gasteiger partial charge in [0, 0.05) is 12.0 Å². The van der Waals surface area contributed by atoms with E-state index in [9.17, 15) is 9.59 Å². The van der Waals surface area contributed by atoms with E-state index in [4.69, 9.17) is 4.74 Å². The molecule has 0 bridgehead atoms. The highest BCUT2D eigenvalue weighted by atomic mass is 16.5. The second-order valence-corrected chi connectivity index (χ2v) is 4.90. The number of carbonyl (C=O) groups excluding carboxylic acids is 2. The quantitative estimate of drug-likeness (QED) is 0.591. The minimum atomic E-state index is -0.660. The Morgan fingerprint density at radius 1 is 1.47 bits per heavy atom. The molecule has 3 rings (SSSR count). The Hall–Kier alpha value is -1.64. The number of carbonyl (C=O) groups is 2. The molecule has 2 aliphatic rings.